The van der Waals surface area contributed by atoms with Crippen LogP contribution in [-0.4, -0.2) is 6.54 Å². The molecule has 0 aliphatic carbocycles. The molecule has 1 aromatic heterocycles. The van der Waals surface area contributed by atoms with Gasteiger partial charge in [0.1, 0.15) is 0 Å². The molecule has 0 fully saturated rings. The quantitative estimate of drug-likeness (QED) is 0.810. The Morgan fingerprint density at radius 1 is 1.67 bits per heavy atom. The smallest absolute Gasteiger partial charge is 0.0731 e. The van der Waals surface area contributed by atoms with Crippen LogP contribution in [0.3, 0.4) is 0 Å². The van der Waals surface area contributed by atoms with Gasteiger partial charge in [-0.1, -0.05) is 6.92 Å². The summed E-state index contributed by atoms with van der Waals surface area (Å²) in [5.41, 5.74) is 1.30. The van der Waals surface area contributed by atoms with Crippen molar-refractivity contribution in [2.45, 2.75) is 32.7 Å². The second-order valence-electron chi connectivity index (χ2n) is 3.46. The highest BCUT2D eigenvalue weighted by Crippen LogP contribution is 2.33. The molecular formula is C12H16BrNS. The van der Waals surface area contributed by atoms with Crippen molar-refractivity contribution in [3.63, 3.8) is 0 Å². The van der Waals surface area contributed by atoms with Gasteiger partial charge in [-0.3, -0.25) is 0 Å². The zero-order chi connectivity index (χ0) is 11.3. The summed E-state index contributed by atoms with van der Waals surface area (Å²) in [6.07, 6.45) is 7.14. The van der Waals surface area contributed by atoms with Crippen LogP contribution in [0.4, 0.5) is 0 Å². The number of rotatable bonds is 5. The second-order valence-corrected chi connectivity index (χ2v) is 5.86. The lowest BCUT2D eigenvalue weighted by Crippen LogP contribution is -2.19. The second kappa shape index (κ2) is 6.32. The molecule has 0 aliphatic heterocycles. The number of hydrogen-bond donors (Lipinski definition) is 1. The van der Waals surface area contributed by atoms with E-state index < -0.39 is 0 Å². The Morgan fingerprint density at radius 2 is 2.40 bits per heavy atom. The van der Waals surface area contributed by atoms with Crippen molar-refractivity contribution >= 4 is 27.3 Å². The first-order valence-corrected chi connectivity index (χ1v) is 6.72. The van der Waals surface area contributed by atoms with Gasteiger partial charge in [0.2, 0.25) is 0 Å². The molecular weight excluding hydrogens is 270 g/mol. The summed E-state index contributed by atoms with van der Waals surface area (Å²) in [6.45, 7) is 5.22. The molecule has 82 valence electrons. The van der Waals surface area contributed by atoms with Crippen LogP contribution >= 0.6 is 27.3 Å². The SMILES string of the molecule is C#CCCC(NCC)c1cc(C)c(Br)s1. The summed E-state index contributed by atoms with van der Waals surface area (Å²) in [7, 11) is 0. The summed E-state index contributed by atoms with van der Waals surface area (Å²) >= 11 is 5.35. The third-order valence-corrected chi connectivity index (χ3v) is 4.50. The first-order chi connectivity index (χ1) is 7.19. The van der Waals surface area contributed by atoms with Gasteiger partial charge in [0.05, 0.1) is 3.79 Å². The van der Waals surface area contributed by atoms with Crippen LogP contribution in [0.25, 0.3) is 0 Å². The number of nitrogens with one attached hydrogen (secondary N) is 1. The Bertz CT molecular complexity index is 331. The van der Waals surface area contributed by atoms with E-state index in [1.165, 1.54) is 14.2 Å². The highest BCUT2D eigenvalue weighted by atomic mass is 79.9. The number of terminal acetylenes is 1. The van der Waals surface area contributed by atoms with Crippen LogP contribution in [0.2, 0.25) is 0 Å². The fourth-order valence-corrected chi connectivity index (χ4v) is 3.16. The van der Waals surface area contributed by atoms with Crippen LogP contribution in [0.5, 0.6) is 0 Å². The lowest BCUT2D eigenvalue weighted by Gasteiger charge is -2.14. The molecule has 1 N–H and O–H groups in total. The largest absolute Gasteiger partial charge is 0.309 e. The summed E-state index contributed by atoms with van der Waals surface area (Å²) in [4.78, 5) is 1.37. The van der Waals surface area contributed by atoms with Crippen LogP contribution < -0.4 is 5.32 Å². The van der Waals surface area contributed by atoms with Gasteiger partial charge in [0.15, 0.2) is 0 Å². The van der Waals surface area contributed by atoms with Gasteiger partial charge in [0.25, 0.3) is 0 Å². The van der Waals surface area contributed by atoms with E-state index in [1.54, 1.807) is 11.3 Å². The molecule has 1 rings (SSSR count). The van der Waals surface area contributed by atoms with Gasteiger partial charge in [-0.2, -0.15) is 0 Å². The van der Waals surface area contributed by atoms with Gasteiger partial charge in [-0.05, 0) is 47.4 Å². The summed E-state index contributed by atoms with van der Waals surface area (Å²) in [5.74, 6) is 2.70. The molecule has 1 heterocycles. The Morgan fingerprint density at radius 3 is 2.87 bits per heavy atom. The molecule has 1 atom stereocenters. The minimum Gasteiger partial charge on any atom is -0.309 e. The fraction of sp³-hybridized carbons (Fsp3) is 0.500. The molecule has 0 aromatic carbocycles. The molecule has 3 heteroatoms. The molecule has 0 amide bonds. The van der Waals surface area contributed by atoms with Crippen molar-refractivity contribution in [1.82, 2.24) is 5.32 Å². The van der Waals surface area contributed by atoms with Crippen LogP contribution in [0, 0.1) is 19.3 Å². The minimum absolute atomic E-state index is 0.404. The highest BCUT2D eigenvalue weighted by Gasteiger charge is 2.13. The number of thiophene rings is 1. The molecule has 0 radical (unpaired) electrons. The van der Waals surface area contributed by atoms with Gasteiger partial charge in [-0.25, -0.2) is 0 Å². The van der Waals surface area contributed by atoms with E-state index in [0.717, 1.165) is 19.4 Å². The van der Waals surface area contributed by atoms with E-state index in [-0.39, 0.29) is 0 Å². The van der Waals surface area contributed by atoms with Crippen LogP contribution in [-0.2, 0) is 0 Å². The predicted molar refractivity (Wildman–Crippen MR) is 71.2 cm³/mol. The van der Waals surface area contributed by atoms with Crippen molar-refractivity contribution in [3.05, 3.63) is 20.3 Å². The molecule has 0 saturated carbocycles. The molecule has 0 spiro atoms. The van der Waals surface area contributed by atoms with Crippen molar-refractivity contribution in [2.75, 3.05) is 6.54 Å². The van der Waals surface area contributed by atoms with E-state index in [0.29, 0.717) is 6.04 Å². The predicted octanol–water partition coefficient (Wildman–Crippen LogP) is 3.88. The van der Waals surface area contributed by atoms with Crippen LogP contribution in [0.1, 0.15) is 36.2 Å². The lowest BCUT2D eigenvalue weighted by molar-refractivity contribution is 0.530. The Labute approximate surface area is 104 Å². The maximum absolute atomic E-state index is 5.30. The van der Waals surface area contributed by atoms with E-state index >= 15 is 0 Å². The van der Waals surface area contributed by atoms with Gasteiger partial charge in [-0.15, -0.1) is 23.7 Å². The first-order valence-electron chi connectivity index (χ1n) is 5.11. The average Bonchev–Trinajstić information content (AvgIpc) is 2.54. The summed E-state index contributed by atoms with van der Waals surface area (Å²) < 4.78 is 1.22. The number of aryl methyl sites for hydroxylation is 1. The van der Waals surface area contributed by atoms with E-state index in [4.69, 9.17) is 6.42 Å². The molecule has 1 unspecified atom stereocenters. The van der Waals surface area contributed by atoms with Gasteiger partial charge in [0, 0.05) is 17.3 Å². The Kier molecular flexibility index (Phi) is 5.38. The van der Waals surface area contributed by atoms with Gasteiger partial charge < -0.3 is 5.32 Å². The summed E-state index contributed by atoms with van der Waals surface area (Å²) in [6, 6.07) is 2.64. The highest BCUT2D eigenvalue weighted by molar-refractivity contribution is 9.11. The molecule has 1 aromatic rings. The van der Waals surface area contributed by atoms with Crippen molar-refractivity contribution in [3.8, 4) is 12.3 Å². The standard InChI is InChI=1S/C12H16BrNS/c1-4-6-7-10(14-5-2)11-8-9(3)12(13)15-11/h1,8,10,14H,5-7H2,2-3H3. The molecule has 1 nitrogen and oxygen atoms in total. The van der Waals surface area contributed by atoms with E-state index in [9.17, 15) is 0 Å². The number of hydrogen-bond acceptors (Lipinski definition) is 2. The zero-order valence-electron chi connectivity index (χ0n) is 9.14. The topological polar surface area (TPSA) is 12.0 Å². The third-order valence-electron chi connectivity index (χ3n) is 2.25. The average molecular weight is 286 g/mol. The van der Waals surface area contributed by atoms with Crippen molar-refractivity contribution in [2.24, 2.45) is 0 Å². The van der Waals surface area contributed by atoms with E-state index in [1.807, 2.05) is 0 Å². The monoisotopic (exact) mass is 285 g/mol. The maximum Gasteiger partial charge on any atom is 0.0731 e. The lowest BCUT2D eigenvalue weighted by atomic mass is 10.1. The fourth-order valence-electron chi connectivity index (χ4n) is 1.47. The molecule has 15 heavy (non-hydrogen) atoms. The zero-order valence-corrected chi connectivity index (χ0v) is 11.5. The van der Waals surface area contributed by atoms with E-state index in [2.05, 4.69) is 47.1 Å². The number of halogens is 1. The maximum atomic E-state index is 5.30. The third kappa shape index (κ3) is 3.64. The Hall–Kier alpha value is -0.300. The summed E-state index contributed by atoms with van der Waals surface area (Å²) in [5, 5.41) is 3.47. The van der Waals surface area contributed by atoms with Crippen molar-refractivity contribution < 1.29 is 0 Å². The molecule has 0 bridgehead atoms. The van der Waals surface area contributed by atoms with Gasteiger partial charge >= 0.3 is 0 Å². The first kappa shape index (κ1) is 12.8. The Balaban J connectivity index is 2.74. The normalized spacial score (nSPS) is 12.4. The molecule has 0 aliphatic rings. The van der Waals surface area contributed by atoms with Crippen LogP contribution in [0.15, 0.2) is 9.85 Å². The molecule has 0 saturated heterocycles. The minimum atomic E-state index is 0.404. The van der Waals surface area contributed by atoms with Crippen molar-refractivity contribution in [1.29, 1.82) is 0 Å².